The molecule has 0 radical (unpaired) electrons. The van der Waals surface area contributed by atoms with E-state index in [2.05, 4.69) is 16.3 Å². The molecular formula is C17H15ClN4O2. The molecule has 0 atom stereocenters. The molecule has 0 aliphatic carbocycles. The molecule has 0 unspecified atom stereocenters. The van der Waals surface area contributed by atoms with Crippen molar-refractivity contribution in [3.63, 3.8) is 0 Å². The van der Waals surface area contributed by atoms with Crippen LogP contribution in [0.5, 0.6) is 0 Å². The maximum atomic E-state index is 8.82. The van der Waals surface area contributed by atoms with Gasteiger partial charge in [0.05, 0.1) is 36.0 Å². The molecule has 1 aromatic carbocycles. The lowest BCUT2D eigenvalue weighted by atomic mass is 10.2. The first-order valence-electron chi connectivity index (χ1n) is 7.45. The summed E-state index contributed by atoms with van der Waals surface area (Å²) in [5.74, 6) is 1.67. The molecule has 2 aromatic heterocycles. The van der Waals surface area contributed by atoms with Crippen molar-refractivity contribution in [2.75, 3.05) is 6.54 Å². The summed E-state index contributed by atoms with van der Waals surface area (Å²) < 4.78 is 11.1. The van der Waals surface area contributed by atoms with Crippen LogP contribution in [0.4, 0.5) is 0 Å². The highest BCUT2D eigenvalue weighted by atomic mass is 35.5. The highest BCUT2D eigenvalue weighted by Gasteiger charge is 2.15. The third kappa shape index (κ3) is 4.02. The lowest BCUT2D eigenvalue weighted by Crippen LogP contribution is -2.23. The van der Waals surface area contributed by atoms with Crippen molar-refractivity contribution < 1.29 is 8.83 Å². The van der Waals surface area contributed by atoms with Crippen molar-refractivity contribution in [1.29, 1.82) is 5.26 Å². The van der Waals surface area contributed by atoms with Crippen LogP contribution in [0.2, 0.25) is 5.02 Å². The number of nitriles is 1. The second kappa shape index (κ2) is 7.77. The van der Waals surface area contributed by atoms with Gasteiger partial charge < -0.3 is 8.83 Å². The number of aromatic nitrogens is 2. The fraction of sp³-hybridized carbons (Fsp3) is 0.235. The predicted molar refractivity (Wildman–Crippen MR) is 87.8 cm³/mol. The third-order valence-corrected chi connectivity index (χ3v) is 3.76. The van der Waals surface area contributed by atoms with Crippen LogP contribution in [0.1, 0.15) is 18.1 Å². The lowest BCUT2D eigenvalue weighted by molar-refractivity contribution is 0.219. The zero-order valence-corrected chi connectivity index (χ0v) is 13.6. The van der Waals surface area contributed by atoms with E-state index in [1.54, 1.807) is 12.3 Å². The van der Waals surface area contributed by atoms with Gasteiger partial charge in [-0.1, -0.05) is 23.7 Å². The molecule has 3 rings (SSSR count). The second-order valence-corrected chi connectivity index (χ2v) is 5.59. The minimum atomic E-state index is 0.383. The van der Waals surface area contributed by atoms with Gasteiger partial charge in [0.2, 0.25) is 11.8 Å². The van der Waals surface area contributed by atoms with Gasteiger partial charge in [-0.25, -0.2) is 0 Å². The summed E-state index contributed by atoms with van der Waals surface area (Å²) in [4.78, 5) is 2.02. The van der Waals surface area contributed by atoms with Gasteiger partial charge in [0.15, 0.2) is 0 Å². The number of halogens is 1. The molecule has 0 bridgehead atoms. The molecule has 6 nitrogen and oxygen atoms in total. The van der Waals surface area contributed by atoms with Gasteiger partial charge in [-0.05, 0) is 24.3 Å². The summed E-state index contributed by atoms with van der Waals surface area (Å²) >= 11 is 6.15. The van der Waals surface area contributed by atoms with Crippen LogP contribution in [0.3, 0.4) is 0 Å². The van der Waals surface area contributed by atoms with Crippen molar-refractivity contribution in [3.05, 3.63) is 59.3 Å². The Kier molecular flexibility index (Phi) is 5.26. The Balaban J connectivity index is 1.73. The molecule has 0 fully saturated rings. The molecule has 0 saturated heterocycles. The molecule has 7 heteroatoms. The lowest BCUT2D eigenvalue weighted by Gasteiger charge is -2.17. The Hall–Kier alpha value is -2.62. The van der Waals surface area contributed by atoms with Crippen molar-refractivity contribution in [2.45, 2.75) is 19.5 Å². The molecule has 0 spiro atoms. The fourth-order valence-corrected chi connectivity index (χ4v) is 2.51. The van der Waals surface area contributed by atoms with Crippen LogP contribution in [0.15, 0.2) is 51.5 Å². The largest absolute Gasteiger partial charge is 0.468 e. The molecule has 0 saturated carbocycles. The van der Waals surface area contributed by atoms with E-state index in [0.717, 1.165) is 5.76 Å². The Labute approximate surface area is 144 Å². The maximum Gasteiger partial charge on any atom is 0.249 e. The first-order chi connectivity index (χ1) is 11.8. The van der Waals surface area contributed by atoms with Crippen LogP contribution < -0.4 is 0 Å². The first-order valence-corrected chi connectivity index (χ1v) is 7.83. The number of hydrogen-bond donors (Lipinski definition) is 0. The first kappa shape index (κ1) is 16.2. The number of furan rings is 1. The Morgan fingerprint density at radius 3 is 2.75 bits per heavy atom. The average molecular weight is 343 g/mol. The minimum Gasteiger partial charge on any atom is -0.468 e. The quantitative estimate of drug-likeness (QED) is 0.648. The number of hydrogen-bond acceptors (Lipinski definition) is 6. The second-order valence-electron chi connectivity index (χ2n) is 5.18. The highest BCUT2D eigenvalue weighted by Crippen LogP contribution is 2.26. The number of benzene rings is 1. The standard InChI is InChI=1S/C17H15ClN4O2/c18-15-7-2-1-6-14(15)17-21-20-16(24-17)12-22(9-4-8-19)11-13-5-3-10-23-13/h1-3,5-7,10H,4,9,11-12H2. The van der Waals surface area contributed by atoms with E-state index in [9.17, 15) is 0 Å². The highest BCUT2D eigenvalue weighted by molar-refractivity contribution is 6.33. The summed E-state index contributed by atoms with van der Waals surface area (Å²) in [7, 11) is 0. The fourth-order valence-electron chi connectivity index (χ4n) is 2.30. The van der Waals surface area contributed by atoms with Crippen molar-refractivity contribution in [2.24, 2.45) is 0 Å². The van der Waals surface area contributed by atoms with E-state index in [-0.39, 0.29) is 0 Å². The predicted octanol–water partition coefficient (Wildman–Crippen LogP) is 3.90. The van der Waals surface area contributed by atoms with Crippen LogP contribution >= 0.6 is 11.6 Å². The number of rotatable bonds is 7. The zero-order valence-electron chi connectivity index (χ0n) is 12.9. The monoisotopic (exact) mass is 342 g/mol. The Morgan fingerprint density at radius 2 is 2.00 bits per heavy atom. The molecule has 122 valence electrons. The minimum absolute atomic E-state index is 0.383. The Bertz CT molecular complexity index is 823. The smallest absolute Gasteiger partial charge is 0.249 e. The van der Waals surface area contributed by atoms with E-state index in [0.29, 0.717) is 48.4 Å². The normalized spacial score (nSPS) is 10.9. The van der Waals surface area contributed by atoms with Gasteiger partial charge >= 0.3 is 0 Å². The molecular weight excluding hydrogens is 328 g/mol. The van der Waals surface area contributed by atoms with Crippen molar-refractivity contribution >= 4 is 11.6 Å². The summed E-state index contributed by atoms with van der Waals surface area (Å²) in [5.41, 5.74) is 0.701. The SMILES string of the molecule is N#CCCN(Cc1ccco1)Cc1nnc(-c2ccccc2Cl)o1. The average Bonchev–Trinajstić information content (AvgIpc) is 3.25. The molecule has 0 N–H and O–H groups in total. The summed E-state index contributed by atoms with van der Waals surface area (Å²) in [6.07, 6.45) is 2.03. The van der Waals surface area contributed by atoms with Gasteiger partial charge in [-0.15, -0.1) is 10.2 Å². The van der Waals surface area contributed by atoms with E-state index in [1.165, 1.54) is 0 Å². The van der Waals surface area contributed by atoms with Gasteiger partial charge in [0.25, 0.3) is 0 Å². The van der Waals surface area contributed by atoms with Crippen LogP contribution in [-0.4, -0.2) is 21.6 Å². The molecule has 24 heavy (non-hydrogen) atoms. The molecule has 3 aromatic rings. The zero-order chi connectivity index (χ0) is 16.8. The van der Waals surface area contributed by atoms with E-state index in [4.69, 9.17) is 25.7 Å². The maximum absolute atomic E-state index is 8.82. The molecule has 0 amide bonds. The van der Waals surface area contributed by atoms with E-state index < -0.39 is 0 Å². The molecule has 0 aliphatic heterocycles. The van der Waals surface area contributed by atoms with Crippen molar-refractivity contribution in [1.82, 2.24) is 15.1 Å². The van der Waals surface area contributed by atoms with E-state index in [1.807, 2.05) is 35.2 Å². The van der Waals surface area contributed by atoms with E-state index >= 15 is 0 Å². The van der Waals surface area contributed by atoms with Crippen LogP contribution in [-0.2, 0) is 13.1 Å². The topological polar surface area (TPSA) is 79.1 Å². The van der Waals surface area contributed by atoms with Crippen LogP contribution in [0, 0.1) is 11.3 Å². The van der Waals surface area contributed by atoms with Crippen molar-refractivity contribution in [3.8, 4) is 17.5 Å². The van der Waals surface area contributed by atoms with Gasteiger partial charge in [-0.3, -0.25) is 4.90 Å². The third-order valence-electron chi connectivity index (χ3n) is 3.43. The summed E-state index contributed by atoms with van der Waals surface area (Å²) in [6, 6.07) is 13.2. The van der Waals surface area contributed by atoms with Gasteiger partial charge in [0.1, 0.15) is 5.76 Å². The molecule has 2 heterocycles. The summed E-state index contributed by atoms with van der Waals surface area (Å²) in [5, 5.41) is 17.5. The van der Waals surface area contributed by atoms with Gasteiger partial charge in [0, 0.05) is 13.0 Å². The molecule has 0 aliphatic rings. The number of nitrogens with zero attached hydrogens (tertiary/aromatic N) is 4. The summed E-state index contributed by atoms with van der Waals surface area (Å²) in [6.45, 7) is 1.58. The Morgan fingerprint density at radius 1 is 1.12 bits per heavy atom. The van der Waals surface area contributed by atoms with Crippen LogP contribution in [0.25, 0.3) is 11.5 Å². The van der Waals surface area contributed by atoms with Gasteiger partial charge in [-0.2, -0.15) is 5.26 Å².